The third kappa shape index (κ3) is 2.65. The quantitative estimate of drug-likeness (QED) is 0.558. The zero-order valence-electron chi connectivity index (χ0n) is 8.33. The molecule has 0 aromatic heterocycles. The fourth-order valence-corrected chi connectivity index (χ4v) is 1.60. The van der Waals surface area contributed by atoms with E-state index in [1.807, 2.05) is 19.0 Å². The van der Waals surface area contributed by atoms with Crippen LogP contribution in [0.25, 0.3) is 0 Å². The van der Waals surface area contributed by atoms with Crippen LogP contribution in [-0.4, -0.2) is 18.8 Å². The summed E-state index contributed by atoms with van der Waals surface area (Å²) in [7, 11) is -0.159. The zero-order chi connectivity index (χ0) is 9.19. The third-order valence-corrected chi connectivity index (χ3v) is 1.93. The summed E-state index contributed by atoms with van der Waals surface area (Å²) in [5, 5.41) is 0. The van der Waals surface area contributed by atoms with E-state index in [9.17, 15) is 0 Å². The van der Waals surface area contributed by atoms with E-state index < -0.39 is 0 Å². The second-order valence-electron chi connectivity index (χ2n) is 3.92. The van der Waals surface area contributed by atoms with Gasteiger partial charge in [-0.15, -0.1) is 0 Å². The fourth-order valence-electron chi connectivity index (χ4n) is 1.60. The summed E-state index contributed by atoms with van der Waals surface area (Å²) in [4.78, 5) is 0. The van der Waals surface area contributed by atoms with Crippen molar-refractivity contribution in [2.75, 3.05) is 0 Å². The van der Waals surface area contributed by atoms with Crippen LogP contribution in [0, 0.1) is 0 Å². The van der Waals surface area contributed by atoms with E-state index in [0.717, 1.165) is 6.42 Å². The minimum Gasteiger partial charge on any atom is -0.405 e. The molecular formula is C9H17BO2. The highest BCUT2D eigenvalue weighted by Gasteiger charge is 2.34. The Labute approximate surface area is 75.1 Å². The molecule has 1 aliphatic rings. The van der Waals surface area contributed by atoms with Gasteiger partial charge in [-0.2, -0.15) is 0 Å². The van der Waals surface area contributed by atoms with Crippen LogP contribution >= 0.6 is 0 Å². The van der Waals surface area contributed by atoms with Gasteiger partial charge >= 0.3 is 7.12 Å². The summed E-state index contributed by atoms with van der Waals surface area (Å²) in [5.41, 5.74) is -0.0537. The molecule has 0 N–H and O–H groups in total. The van der Waals surface area contributed by atoms with E-state index in [1.54, 1.807) is 0 Å². The first-order valence-electron chi connectivity index (χ1n) is 4.49. The molecule has 0 amide bonds. The average molecular weight is 168 g/mol. The maximum Gasteiger partial charge on any atom is 0.486 e. The van der Waals surface area contributed by atoms with Crippen LogP contribution in [0.1, 0.15) is 34.1 Å². The van der Waals surface area contributed by atoms with Gasteiger partial charge in [-0.25, -0.2) is 0 Å². The summed E-state index contributed by atoms with van der Waals surface area (Å²) in [6.07, 6.45) is 3.20. The van der Waals surface area contributed by atoms with E-state index >= 15 is 0 Å². The van der Waals surface area contributed by atoms with E-state index in [2.05, 4.69) is 20.8 Å². The van der Waals surface area contributed by atoms with Crippen molar-refractivity contribution in [3.63, 3.8) is 0 Å². The second-order valence-corrected chi connectivity index (χ2v) is 3.92. The summed E-state index contributed by atoms with van der Waals surface area (Å²) < 4.78 is 11.2. The van der Waals surface area contributed by atoms with Crippen molar-refractivity contribution in [3.05, 3.63) is 12.1 Å². The van der Waals surface area contributed by atoms with Crippen molar-refractivity contribution in [2.45, 2.75) is 45.8 Å². The van der Waals surface area contributed by atoms with Gasteiger partial charge < -0.3 is 9.31 Å². The molecule has 0 bridgehead atoms. The van der Waals surface area contributed by atoms with Crippen molar-refractivity contribution in [1.82, 2.24) is 0 Å². The van der Waals surface area contributed by atoms with Crippen LogP contribution in [0.3, 0.4) is 0 Å². The minimum atomic E-state index is -0.159. The van der Waals surface area contributed by atoms with Crippen molar-refractivity contribution < 1.29 is 9.31 Å². The molecule has 0 aliphatic carbocycles. The lowest BCUT2D eigenvalue weighted by atomic mass is 9.83. The molecule has 1 saturated heterocycles. The monoisotopic (exact) mass is 168 g/mol. The lowest BCUT2D eigenvalue weighted by Gasteiger charge is -2.37. The maximum atomic E-state index is 5.68. The Balaban J connectivity index is 2.57. The molecule has 1 rings (SSSR count). The van der Waals surface area contributed by atoms with Gasteiger partial charge in [-0.05, 0) is 34.1 Å². The Morgan fingerprint density at radius 1 is 1.50 bits per heavy atom. The van der Waals surface area contributed by atoms with Crippen LogP contribution in [0.2, 0.25) is 0 Å². The van der Waals surface area contributed by atoms with Crippen molar-refractivity contribution in [3.8, 4) is 0 Å². The van der Waals surface area contributed by atoms with E-state index in [0.29, 0.717) is 0 Å². The molecule has 0 saturated carbocycles. The molecule has 3 heteroatoms. The van der Waals surface area contributed by atoms with Gasteiger partial charge in [-0.3, -0.25) is 0 Å². The molecule has 1 atom stereocenters. The van der Waals surface area contributed by atoms with Crippen molar-refractivity contribution >= 4 is 7.12 Å². The average Bonchev–Trinajstić information content (AvgIpc) is 1.82. The molecule has 0 aromatic carbocycles. The summed E-state index contributed by atoms with van der Waals surface area (Å²) in [5.74, 6) is 1.94. The number of allylic oxidation sites excluding steroid dienone is 1. The number of rotatable bonds is 1. The van der Waals surface area contributed by atoms with Crippen LogP contribution < -0.4 is 0 Å². The van der Waals surface area contributed by atoms with E-state index in [1.165, 1.54) is 0 Å². The van der Waals surface area contributed by atoms with Gasteiger partial charge in [0.1, 0.15) is 0 Å². The van der Waals surface area contributed by atoms with Gasteiger partial charge in [0.15, 0.2) is 0 Å². The molecule has 1 unspecified atom stereocenters. The molecule has 1 heterocycles. The smallest absolute Gasteiger partial charge is 0.405 e. The SMILES string of the molecule is CC=CB1OC(C)CC(C)(C)O1. The first kappa shape index (κ1) is 9.81. The Morgan fingerprint density at radius 2 is 2.17 bits per heavy atom. The largest absolute Gasteiger partial charge is 0.486 e. The first-order valence-corrected chi connectivity index (χ1v) is 4.49. The van der Waals surface area contributed by atoms with Crippen molar-refractivity contribution in [1.29, 1.82) is 0 Å². The molecule has 0 radical (unpaired) electrons. The molecular weight excluding hydrogens is 151 g/mol. The Bertz CT molecular complexity index is 177. The molecule has 0 spiro atoms. The predicted octanol–water partition coefficient (Wildman–Crippen LogP) is 2.19. The minimum absolute atomic E-state index is 0.0537. The van der Waals surface area contributed by atoms with E-state index in [4.69, 9.17) is 9.31 Å². The van der Waals surface area contributed by atoms with Gasteiger partial charge in [0, 0.05) is 6.10 Å². The Kier molecular flexibility index (Phi) is 2.96. The van der Waals surface area contributed by atoms with Crippen LogP contribution in [0.4, 0.5) is 0 Å². The van der Waals surface area contributed by atoms with Crippen LogP contribution in [-0.2, 0) is 9.31 Å². The lowest BCUT2D eigenvalue weighted by Crippen LogP contribution is -2.45. The van der Waals surface area contributed by atoms with Crippen LogP contribution in [0.5, 0.6) is 0 Å². The van der Waals surface area contributed by atoms with Gasteiger partial charge in [0.25, 0.3) is 0 Å². The highest BCUT2D eigenvalue weighted by molar-refractivity contribution is 6.51. The molecule has 68 valence electrons. The van der Waals surface area contributed by atoms with Gasteiger partial charge in [0.05, 0.1) is 5.60 Å². The number of hydrogen-bond donors (Lipinski definition) is 0. The Hall–Kier alpha value is -0.275. The zero-order valence-corrected chi connectivity index (χ0v) is 8.33. The Morgan fingerprint density at radius 3 is 2.67 bits per heavy atom. The molecule has 2 nitrogen and oxygen atoms in total. The standard InChI is InChI=1S/C9H17BO2/c1-5-6-10-11-8(2)7-9(3,4)12-10/h5-6,8H,7H2,1-4H3. The summed E-state index contributed by atoms with van der Waals surface area (Å²) in [6.45, 7) is 8.25. The maximum absolute atomic E-state index is 5.68. The first-order chi connectivity index (χ1) is 5.53. The summed E-state index contributed by atoms with van der Waals surface area (Å²) in [6, 6.07) is 0. The van der Waals surface area contributed by atoms with Gasteiger partial charge in [-0.1, -0.05) is 12.1 Å². The number of hydrogen-bond acceptors (Lipinski definition) is 2. The van der Waals surface area contributed by atoms with Gasteiger partial charge in [0.2, 0.25) is 0 Å². The second kappa shape index (κ2) is 3.63. The normalized spacial score (nSPS) is 29.7. The third-order valence-electron chi connectivity index (χ3n) is 1.93. The highest BCUT2D eigenvalue weighted by atomic mass is 16.6. The van der Waals surface area contributed by atoms with E-state index in [-0.39, 0.29) is 18.8 Å². The molecule has 12 heavy (non-hydrogen) atoms. The predicted molar refractivity (Wildman–Crippen MR) is 50.9 cm³/mol. The lowest BCUT2D eigenvalue weighted by molar-refractivity contribution is -0.0236. The topological polar surface area (TPSA) is 18.5 Å². The molecule has 1 aliphatic heterocycles. The highest BCUT2D eigenvalue weighted by Crippen LogP contribution is 2.25. The van der Waals surface area contributed by atoms with Crippen molar-refractivity contribution in [2.24, 2.45) is 0 Å². The fraction of sp³-hybridized carbons (Fsp3) is 0.778. The molecule has 0 aromatic rings. The van der Waals surface area contributed by atoms with Crippen LogP contribution in [0.15, 0.2) is 12.1 Å². The summed E-state index contributed by atoms with van der Waals surface area (Å²) >= 11 is 0. The molecule has 1 fully saturated rings.